The van der Waals surface area contributed by atoms with Crippen LogP contribution in [0, 0.1) is 5.92 Å². The molecule has 2 aliphatic heterocycles. The predicted molar refractivity (Wildman–Crippen MR) is 102 cm³/mol. The quantitative estimate of drug-likeness (QED) is 0.558. The molecule has 1 unspecified atom stereocenters. The maximum absolute atomic E-state index is 13.1. The SMILES string of the molecule is FC(F)(F)C1CCC(c2nnc3n2-c2ccccc2CC2(OCCO2)C3Br)CC1. The lowest BCUT2D eigenvalue weighted by Gasteiger charge is -2.30. The molecule has 1 aromatic carbocycles. The number of ether oxygens (including phenoxy) is 2. The molecule has 156 valence electrons. The van der Waals surface area contributed by atoms with Gasteiger partial charge in [-0.05, 0) is 37.3 Å². The van der Waals surface area contributed by atoms with Gasteiger partial charge in [-0.2, -0.15) is 13.2 Å². The minimum Gasteiger partial charge on any atom is -0.346 e. The molecule has 29 heavy (non-hydrogen) atoms. The highest BCUT2D eigenvalue weighted by Gasteiger charge is 2.50. The molecule has 2 fully saturated rings. The molecule has 0 amide bonds. The van der Waals surface area contributed by atoms with Gasteiger partial charge in [0.05, 0.1) is 24.8 Å². The van der Waals surface area contributed by atoms with Crippen molar-refractivity contribution in [3.05, 3.63) is 41.5 Å². The highest BCUT2D eigenvalue weighted by molar-refractivity contribution is 9.09. The Bertz CT molecular complexity index is 903. The minimum absolute atomic E-state index is 0.0536. The molecule has 0 radical (unpaired) electrons. The van der Waals surface area contributed by atoms with Crippen molar-refractivity contribution >= 4 is 15.9 Å². The lowest BCUT2D eigenvalue weighted by atomic mass is 9.81. The van der Waals surface area contributed by atoms with Crippen molar-refractivity contribution in [3.63, 3.8) is 0 Å². The first-order valence-electron chi connectivity index (χ1n) is 9.91. The van der Waals surface area contributed by atoms with Gasteiger partial charge in [0.1, 0.15) is 10.7 Å². The third-order valence-electron chi connectivity index (χ3n) is 6.33. The first kappa shape index (κ1) is 19.5. The standard InChI is InChI=1S/C20H21BrF3N3O2/c21-16-18-26-25-17(12-5-7-14(8-6-12)20(22,23)24)27(18)15-4-2-1-3-13(15)11-19(16)28-9-10-29-19/h1-4,12,14,16H,5-11H2. The smallest absolute Gasteiger partial charge is 0.346 e. The van der Waals surface area contributed by atoms with E-state index in [1.807, 2.05) is 28.8 Å². The van der Waals surface area contributed by atoms with Gasteiger partial charge in [0, 0.05) is 12.3 Å². The molecule has 1 atom stereocenters. The van der Waals surface area contributed by atoms with E-state index < -0.39 is 17.9 Å². The number of benzene rings is 1. The molecule has 3 aliphatic rings. The van der Waals surface area contributed by atoms with Crippen LogP contribution in [0.2, 0.25) is 0 Å². The molecule has 3 heterocycles. The van der Waals surface area contributed by atoms with E-state index in [1.54, 1.807) is 0 Å². The van der Waals surface area contributed by atoms with Crippen LogP contribution in [0.15, 0.2) is 24.3 Å². The lowest BCUT2D eigenvalue weighted by molar-refractivity contribution is -0.182. The number of para-hydroxylation sites is 1. The summed E-state index contributed by atoms with van der Waals surface area (Å²) in [6, 6.07) is 7.95. The maximum Gasteiger partial charge on any atom is 0.391 e. The Morgan fingerprint density at radius 2 is 1.66 bits per heavy atom. The van der Waals surface area contributed by atoms with Gasteiger partial charge in [-0.25, -0.2) is 0 Å². The number of hydrogen-bond acceptors (Lipinski definition) is 4. The summed E-state index contributed by atoms with van der Waals surface area (Å²) in [6.07, 6.45) is -2.39. The summed E-state index contributed by atoms with van der Waals surface area (Å²) in [5, 5.41) is 8.89. The number of hydrogen-bond donors (Lipinski definition) is 0. The summed E-state index contributed by atoms with van der Waals surface area (Å²) < 4.78 is 53.3. The summed E-state index contributed by atoms with van der Waals surface area (Å²) in [4.78, 5) is -0.335. The van der Waals surface area contributed by atoms with Crippen molar-refractivity contribution in [2.24, 2.45) is 5.92 Å². The fourth-order valence-electron chi connectivity index (χ4n) is 4.81. The Morgan fingerprint density at radius 1 is 1.00 bits per heavy atom. The van der Waals surface area contributed by atoms with E-state index in [9.17, 15) is 13.2 Å². The second-order valence-corrected chi connectivity index (χ2v) is 8.93. The fourth-order valence-corrected chi connectivity index (χ4v) is 5.53. The van der Waals surface area contributed by atoms with Gasteiger partial charge in [0.2, 0.25) is 0 Å². The molecule has 1 aliphatic carbocycles. The largest absolute Gasteiger partial charge is 0.391 e. The molecule has 5 rings (SSSR count). The topological polar surface area (TPSA) is 49.2 Å². The van der Waals surface area contributed by atoms with Crippen LogP contribution >= 0.6 is 15.9 Å². The zero-order valence-electron chi connectivity index (χ0n) is 15.7. The predicted octanol–water partition coefficient (Wildman–Crippen LogP) is 4.84. The van der Waals surface area contributed by atoms with Gasteiger partial charge in [0.25, 0.3) is 0 Å². The van der Waals surface area contributed by atoms with Crippen molar-refractivity contribution in [2.75, 3.05) is 13.2 Å². The number of aromatic nitrogens is 3. The molecule has 5 nitrogen and oxygen atoms in total. The average Bonchev–Trinajstić information content (AvgIpc) is 3.33. The monoisotopic (exact) mass is 471 g/mol. The van der Waals surface area contributed by atoms with Gasteiger partial charge >= 0.3 is 6.18 Å². The molecule has 2 aromatic rings. The summed E-state index contributed by atoms with van der Waals surface area (Å²) in [5.74, 6) is -0.729. The summed E-state index contributed by atoms with van der Waals surface area (Å²) in [5.41, 5.74) is 1.99. The highest BCUT2D eigenvalue weighted by Crippen LogP contribution is 2.48. The van der Waals surface area contributed by atoms with E-state index >= 15 is 0 Å². The van der Waals surface area contributed by atoms with E-state index in [0.29, 0.717) is 38.3 Å². The van der Waals surface area contributed by atoms with Crippen molar-refractivity contribution in [1.29, 1.82) is 0 Å². The van der Waals surface area contributed by atoms with E-state index in [4.69, 9.17) is 9.47 Å². The summed E-state index contributed by atoms with van der Waals surface area (Å²) in [6.45, 7) is 1.01. The second kappa shape index (κ2) is 7.06. The van der Waals surface area contributed by atoms with Gasteiger partial charge in [-0.1, -0.05) is 34.1 Å². The Kier molecular flexibility index (Phi) is 4.75. The lowest BCUT2D eigenvalue weighted by Crippen LogP contribution is -2.37. The number of rotatable bonds is 1. The molecule has 1 spiro atoms. The van der Waals surface area contributed by atoms with E-state index in [2.05, 4.69) is 26.1 Å². The Hall–Kier alpha value is -1.45. The molecule has 1 saturated heterocycles. The third kappa shape index (κ3) is 3.21. The molecule has 0 N–H and O–H groups in total. The zero-order valence-corrected chi connectivity index (χ0v) is 17.2. The van der Waals surface area contributed by atoms with Crippen LogP contribution in [0.5, 0.6) is 0 Å². The number of halogens is 4. The first-order chi connectivity index (χ1) is 13.9. The van der Waals surface area contributed by atoms with Crippen LogP contribution < -0.4 is 0 Å². The molecular weight excluding hydrogens is 451 g/mol. The maximum atomic E-state index is 13.1. The van der Waals surface area contributed by atoms with Crippen LogP contribution in [0.3, 0.4) is 0 Å². The number of alkyl halides is 4. The van der Waals surface area contributed by atoms with Gasteiger partial charge in [-0.15, -0.1) is 10.2 Å². The van der Waals surface area contributed by atoms with Crippen molar-refractivity contribution in [1.82, 2.24) is 14.8 Å². The highest BCUT2D eigenvalue weighted by atomic mass is 79.9. The van der Waals surface area contributed by atoms with E-state index in [-0.39, 0.29) is 23.6 Å². The van der Waals surface area contributed by atoms with Gasteiger partial charge < -0.3 is 9.47 Å². The normalized spacial score (nSPS) is 28.8. The summed E-state index contributed by atoms with van der Waals surface area (Å²) >= 11 is 3.73. The first-order valence-corrected chi connectivity index (χ1v) is 10.8. The zero-order chi connectivity index (χ0) is 20.2. The van der Waals surface area contributed by atoms with Crippen molar-refractivity contribution in [2.45, 2.75) is 54.8 Å². The molecular formula is C20H21BrF3N3O2. The van der Waals surface area contributed by atoms with E-state index in [1.165, 1.54) is 0 Å². The molecule has 0 bridgehead atoms. The van der Waals surface area contributed by atoms with Gasteiger partial charge in [-0.3, -0.25) is 4.57 Å². The van der Waals surface area contributed by atoms with Crippen LogP contribution in [0.1, 0.15) is 53.6 Å². The fraction of sp³-hybridized carbons (Fsp3) is 0.600. The Labute approximate surface area is 174 Å². The third-order valence-corrected chi connectivity index (χ3v) is 7.43. The Morgan fingerprint density at radius 3 is 2.34 bits per heavy atom. The van der Waals surface area contributed by atoms with Crippen molar-refractivity contribution < 1.29 is 22.6 Å². The number of nitrogens with zero attached hydrogens (tertiary/aromatic N) is 3. The molecule has 9 heteroatoms. The summed E-state index contributed by atoms with van der Waals surface area (Å²) in [7, 11) is 0. The van der Waals surface area contributed by atoms with Crippen LogP contribution in [-0.2, 0) is 15.9 Å². The van der Waals surface area contributed by atoms with Gasteiger partial charge in [0.15, 0.2) is 11.6 Å². The molecule has 1 aromatic heterocycles. The Balaban J connectivity index is 1.55. The number of fused-ring (bicyclic) bond motifs is 3. The van der Waals surface area contributed by atoms with E-state index in [0.717, 1.165) is 17.1 Å². The van der Waals surface area contributed by atoms with Crippen LogP contribution in [-0.4, -0.2) is 39.9 Å². The van der Waals surface area contributed by atoms with Crippen LogP contribution in [0.4, 0.5) is 13.2 Å². The molecule has 1 saturated carbocycles. The van der Waals surface area contributed by atoms with Crippen LogP contribution in [0.25, 0.3) is 5.69 Å². The average molecular weight is 472 g/mol. The second-order valence-electron chi connectivity index (χ2n) is 8.02. The van der Waals surface area contributed by atoms with Crippen molar-refractivity contribution in [3.8, 4) is 5.69 Å². The minimum atomic E-state index is -4.12.